The van der Waals surface area contributed by atoms with Crippen molar-refractivity contribution in [1.82, 2.24) is 0 Å². The van der Waals surface area contributed by atoms with Gasteiger partial charge in [-0.05, 0) is 47.6 Å². The molecule has 0 N–H and O–H groups in total. The van der Waals surface area contributed by atoms with E-state index in [9.17, 15) is 9.59 Å². The molecule has 0 bridgehead atoms. The summed E-state index contributed by atoms with van der Waals surface area (Å²) >= 11 is 0. The first-order valence-corrected chi connectivity index (χ1v) is 8.01. The molecule has 4 nitrogen and oxygen atoms in total. The van der Waals surface area contributed by atoms with E-state index in [-0.39, 0.29) is 22.8 Å². The van der Waals surface area contributed by atoms with Crippen molar-refractivity contribution in [1.29, 1.82) is 0 Å². The Morgan fingerprint density at radius 2 is 1.82 bits per heavy atom. The van der Waals surface area contributed by atoms with E-state index in [4.69, 9.17) is 9.47 Å². The minimum absolute atomic E-state index is 0.00346. The summed E-state index contributed by atoms with van der Waals surface area (Å²) < 4.78 is 10.7. The summed E-state index contributed by atoms with van der Waals surface area (Å²) in [4.78, 5) is 24.4. The monoisotopic (exact) mass is 296 g/mol. The van der Waals surface area contributed by atoms with Crippen LogP contribution in [0.15, 0.2) is 30.3 Å². The van der Waals surface area contributed by atoms with E-state index in [1.165, 1.54) is 7.11 Å². The standard InChI is InChI=1S/C18H16O4/c1-21-16(20)18-11-9-10(11)17(13(12(9)18)14(17)18)7-22-15(19)8-5-3-2-4-6-8/h2-6,9-14H,7H2,1H3. The van der Waals surface area contributed by atoms with Crippen LogP contribution in [-0.4, -0.2) is 25.7 Å². The smallest absolute Gasteiger partial charge is 0.338 e. The lowest BCUT2D eigenvalue weighted by Gasteiger charge is -2.54. The minimum atomic E-state index is -0.246. The molecule has 1 aromatic rings. The van der Waals surface area contributed by atoms with Crippen LogP contribution in [0.5, 0.6) is 0 Å². The summed E-state index contributed by atoms with van der Waals surface area (Å²) in [7, 11) is 1.50. The van der Waals surface area contributed by atoms with Gasteiger partial charge in [-0.2, -0.15) is 0 Å². The van der Waals surface area contributed by atoms with Gasteiger partial charge in [0.1, 0.15) is 0 Å². The lowest BCUT2D eigenvalue weighted by molar-refractivity contribution is -0.187. The summed E-state index contributed by atoms with van der Waals surface area (Å²) in [5.74, 6) is 3.22. The molecular formula is C18H16O4. The molecule has 1 aromatic carbocycles. The molecule has 4 heteroatoms. The number of hydrogen-bond donors (Lipinski definition) is 0. The van der Waals surface area contributed by atoms with E-state index in [1.54, 1.807) is 12.1 Å². The van der Waals surface area contributed by atoms with Gasteiger partial charge in [0.2, 0.25) is 0 Å². The van der Waals surface area contributed by atoms with Crippen LogP contribution in [-0.2, 0) is 14.3 Å². The molecular weight excluding hydrogens is 280 g/mol. The quantitative estimate of drug-likeness (QED) is 0.794. The van der Waals surface area contributed by atoms with E-state index in [0.717, 1.165) is 5.92 Å². The van der Waals surface area contributed by atoms with Gasteiger partial charge in [0, 0.05) is 5.41 Å². The number of esters is 2. The number of hydrogen-bond acceptors (Lipinski definition) is 4. The number of ether oxygens (including phenoxy) is 2. The Morgan fingerprint density at radius 3 is 2.45 bits per heavy atom. The Bertz CT molecular complexity index is 743. The van der Waals surface area contributed by atoms with Crippen molar-refractivity contribution < 1.29 is 19.1 Å². The summed E-state index contributed by atoms with van der Waals surface area (Å²) in [6.07, 6.45) is 0. The average Bonchev–Trinajstić information content (AvgIpc) is 3.36. The van der Waals surface area contributed by atoms with Gasteiger partial charge in [0.05, 0.1) is 24.7 Å². The van der Waals surface area contributed by atoms with Crippen LogP contribution >= 0.6 is 0 Å². The fourth-order valence-electron chi connectivity index (χ4n) is 7.25. The molecule has 6 aliphatic carbocycles. The number of methoxy groups -OCH3 is 1. The maximum absolute atomic E-state index is 12.2. The van der Waals surface area contributed by atoms with E-state index in [0.29, 0.717) is 41.8 Å². The third-order valence-corrected chi connectivity index (χ3v) is 7.57. The number of carbonyl (C=O) groups excluding carboxylic acids is 2. The minimum Gasteiger partial charge on any atom is -0.469 e. The van der Waals surface area contributed by atoms with Crippen molar-refractivity contribution in [3.8, 4) is 0 Å². The predicted molar refractivity (Wildman–Crippen MR) is 74.5 cm³/mol. The van der Waals surface area contributed by atoms with Crippen molar-refractivity contribution >= 4 is 11.9 Å². The van der Waals surface area contributed by atoms with Crippen molar-refractivity contribution in [3.05, 3.63) is 35.9 Å². The highest BCUT2D eigenvalue weighted by Crippen LogP contribution is 3.10. The van der Waals surface area contributed by atoms with Gasteiger partial charge >= 0.3 is 11.9 Å². The van der Waals surface area contributed by atoms with Gasteiger partial charge in [-0.3, -0.25) is 4.79 Å². The van der Waals surface area contributed by atoms with Gasteiger partial charge in [-0.15, -0.1) is 0 Å². The molecule has 0 aliphatic heterocycles. The first-order chi connectivity index (χ1) is 10.7. The fraction of sp³-hybridized carbons (Fsp3) is 0.556. The van der Waals surface area contributed by atoms with Crippen LogP contribution in [0.1, 0.15) is 10.4 Å². The summed E-state index contributed by atoms with van der Waals surface area (Å²) in [5, 5.41) is 0. The highest BCUT2D eigenvalue weighted by atomic mass is 16.5. The highest BCUT2D eigenvalue weighted by Gasteiger charge is 3.12. The third-order valence-electron chi connectivity index (χ3n) is 7.57. The third kappa shape index (κ3) is 0.832. The second-order valence-electron chi connectivity index (χ2n) is 7.64. The Labute approximate surface area is 127 Å². The molecule has 0 saturated heterocycles. The zero-order valence-electron chi connectivity index (χ0n) is 12.2. The summed E-state index contributed by atoms with van der Waals surface area (Å²) in [6.45, 7) is 0.489. The van der Waals surface area contributed by atoms with Crippen LogP contribution in [0, 0.1) is 46.3 Å². The van der Waals surface area contributed by atoms with Crippen molar-refractivity contribution in [2.75, 3.05) is 13.7 Å². The second kappa shape index (κ2) is 3.10. The largest absolute Gasteiger partial charge is 0.469 e. The molecule has 6 fully saturated rings. The molecule has 6 saturated carbocycles. The summed E-state index contributed by atoms with van der Waals surface area (Å²) in [5.41, 5.74) is 0.552. The van der Waals surface area contributed by atoms with Gasteiger partial charge in [0.25, 0.3) is 0 Å². The number of carbonyl (C=O) groups is 2. The lowest BCUT2D eigenvalue weighted by atomic mass is 9.48. The first-order valence-electron chi connectivity index (χ1n) is 8.01. The Kier molecular flexibility index (Phi) is 1.65. The Hall–Kier alpha value is -1.84. The van der Waals surface area contributed by atoms with Gasteiger partial charge in [-0.25, -0.2) is 4.79 Å². The second-order valence-corrected chi connectivity index (χ2v) is 7.64. The molecule has 0 radical (unpaired) electrons. The molecule has 0 spiro atoms. The zero-order chi connectivity index (χ0) is 14.9. The van der Waals surface area contributed by atoms with E-state index >= 15 is 0 Å². The summed E-state index contributed by atoms with van der Waals surface area (Å²) in [6, 6.07) is 9.12. The maximum Gasteiger partial charge on any atom is 0.338 e. The van der Waals surface area contributed by atoms with Crippen LogP contribution in [0.2, 0.25) is 0 Å². The molecule has 0 amide bonds. The molecule has 0 aromatic heterocycles. The van der Waals surface area contributed by atoms with Crippen molar-refractivity contribution in [3.63, 3.8) is 0 Å². The maximum atomic E-state index is 12.2. The molecule has 0 heterocycles. The number of benzene rings is 1. The van der Waals surface area contributed by atoms with Gasteiger partial charge < -0.3 is 9.47 Å². The zero-order valence-corrected chi connectivity index (χ0v) is 12.2. The van der Waals surface area contributed by atoms with E-state index < -0.39 is 0 Å². The van der Waals surface area contributed by atoms with Crippen LogP contribution in [0.25, 0.3) is 0 Å². The SMILES string of the molecule is COC(=O)C12C3C4C3C3(COC(=O)c5ccccc5)C(C41)C32. The van der Waals surface area contributed by atoms with Crippen LogP contribution < -0.4 is 0 Å². The molecule has 22 heavy (non-hydrogen) atoms. The van der Waals surface area contributed by atoms with Crippen molar-refractivity contribution in [2.45, 2.75) is 0 Å². The topological polar surface area (TPSA) is 52.6 Å². The molecule has 7 rings (SSSR count). The molecule has 112 valence electrons. The van der Waals surface area contributed by atoms with Gasteiger partial charge in [0.15, 0.2) is 0 Å². The molecule has 8 unspecified atom stereocenters. The molecule has 6 aliphatic rings. The first kappa shape index (κ1) is 11.7. The van der Waals surface area contributed by atoms with Gasteiger partial charge in [-0.1, -0.05) is 18.2 Å². The van der Waals surface area contributed by atoms with E-state index in [1.807, 2.05) is 18.2 Å². The Morgan fingerprint density at radius 1 is 1.09 bits per heavy atom. The Balaban J connectivity index is 1.24. The van der Waals surface area contributed by atoms with Crippen LogP contribution in [0.3, 0.4) is 0 Å². The normalized spacial score (nSPS) is 52.8. The molecule has 8 atom stereocenters. The lowest BCUT2D eigenvalue weighted by Crippen LogP contribution is -2.59. The predicted octanol–water partition coefficient (Wildman–Crippen LogP) is 1.75. The highest BCUT2D eigenvalue weighted by molar-refractivity contribution is 5.90. The average molecular weight is 296 g/mol. The number of rotatable bonds is 4. The van der Waals surface area contributed by atoms with Crippen molar-refractivity contribution in [2.24, 2.45) is 46.3 Å². The fourth-order valence-corrected chi connectivity index (χ4v) is 7.25. The van der Waals surface area contributed by atoms with Crippen LogP contribution in [0.4, 0.5) is 0 Å². The van der Waals surface area contributed by atoms with E-state index in [2.05, 4.69) is 0 Å².